The van der Waals surface area contributed by atoms with Crippen LogP contribution < -0.4 is 10.1 Å². The molecule has 2 aromatic carbocycles. The lowest BCUT2D eigenvalue weighted by molar-refractivity contribution is 0.102. The maximum Gasteiger partial charge on any atom is 0.278 e. The van der Waals surface area contributed by atoms with Gasteiger partial charge >= 0.3 is 0 Å². The molecule has 0 radical (unpaired) electrons. The van der Waals surface area contributed by atoms with E-state index >= 15 is 0 Å². The zero-order valence-corrected chi connectivity index (χ0v) is 14.6. The summed E-state index contributed by atoms with van der Waals surface area (Å²) in [6.45, 7) is 4.31. The van der Waals surface area contributed by atoms with Crippen molar-refractivity contribution in [3.63, 3.8) is 0 Å². The second-order valence-electron chi connectivity index (χ2n) is 5.32. The fraction of sp³-hybridized carbons (Fsp3) is 0.167. The number of halogens is 1. The van der Waals surface area contributed by atoms with Crippen molar-refractivity contribution in [1.29, 1.82) is 0 Å². The van der Waals surface area contributed by atoms with E-state index in [9.17, 15) is 4.79 Å². The molecule has 0 aliphatic carbocycles. The van der Waals surface area contributed by atoms with Gasteiger partial charge in [0.1, 0.15) is 5.75 Å². The molecule has 1 amide bonds. The molecule has 0 aliphatic rings. The molecular weight excluding hydrogens is 340 g/mol. The molecule has 6 nitrogen and oxygen atoms in total. The van der Waals surface area contributed by atoms with Crippen LogP contribution in [0.4, 0.5) is 5.69 Å². The molecule has 128 valence electrons. The minimum Gasteiger partial charge on any atom is -0.494 e. The topological polar surface area (TPSA) is 69.0 Å². The van der Waals surface area contributed by atoms with Crippen LogP contribution in [-0.4, -0.2) is 27.5 Å². The van der Waals surface area contributed by atoms with Crippen molar-refractivity contribution in [2.45, 2.75) is 13.8 Å². The van der Waals surface area contributed by atoms with Gasteiger partial charge in [-0.2, -0.15) is 0 Å². The van der Waals surface area contributed by atoms with Crippen molar-refractivity contribution in [3.8, 4) is 11.4 Å². The van der Waals surface area contributed by atoms with Crippen molar-refractivity contribution in [2.24, 2.45) is 0 Å². The number of benzene rings is 2. The first-order valence-corrected chi connectivity index (χ1v) is 8.18. The SMILES string of the molecule is CCOc1ccc(NC(=O)c2nnn(-c3ccc(Cl)cc3)c2C)cc1. The van der Waals surface area contributed by atoms with E-state index in [0.29, 0.717) is 23.0 Å². The normalized spacial score (nSPS) is 10.5. The summed E-state index contributed by atoms with van der Waals surface area (Å²) in [5.41, 5.74) is 2.36. The van der Waals surface area contributed by atoms with Gasteiger partial charge in [-0.25, -0.2) is 4.68 Å². The first kappa shape index (κ1) is 17.0. The Labute approximate surface area is 150 Å². The van der Waals surface area contributed by atoms with Gasteiger partial charge in [0.25, 0.3) is 5.91 Å². The van der Waals surface area contributed by atoms with Crippen LogP contribution in [-0.2, 0) is 0 Å². The summed E-state index contributed by atoms with van der Waals surface area (Å²) in [5, 5.41) is 11.5. The third-order valence-corrected chi connectivity index (χ3v) is 3.86. The van der Waals surface area contributed by atoms with Crippen molar-refractivity contribution in [3.05, 3.63) is 64.9 Å². The highest BCUT2D eigenvalue weighted by atomic mass is 35.5. The smallest absolute Gasteiger partial charge is 0.278 e. The molecule has 7 heteroatoms. The van der Waals surface area contributed by atoms with E-state index < -0.39 is 0 Å². The van der Waals surface area contributed by atoms with E-state index in [2.05, 4.69) is 15.6 Å². The third-order valence-electron chi connectivity index (χ3n) is 3.60. The van der Waals surface area contributed by atoms with Gasteiger partial charge in [0.15, 0.2) is 5.69 Å². The van der Waals surface area contributed by atoms with Gasteiger partial charge in [0.05, 0.1) is 18.0 Å². The van der Waals surface area contributed by atoms with E-state index in [-0.39, 0.29) is 11.6 Å². The van der Waals surface area contributed by atoms with Gasteiger partial charge in [-0.1, -0.05) is 16.8 Å². The monoisotopic (exact) mass is 356 g/mol. The summed E-state index contributed by atoms with van der Waals surface area (Å²) in [6.07, 6.45) is 0. The minimum absolute atomic E-state index is 0.267. The van der Waals surface area contributed by atoms with Gasteiger partial charge < -0.3 is 10.1 Å². The Morgan fingerprint density at radius 3 is 2.48 bits per heavy atom. The highest BCUT2D eigenvalue weighted by Gasteiger charge is 2.17. The number of nitrogens with zero attached hydrogens (tertiary/aromatic N) is 3. The van der Waals surface area contributed by atoms with Crippen LogP contribution in [0.25, 0.3) is 5.69 Å². The summed E-state index contributed by atoms with van der Waals surface area (Å²) in [6, 6.07) is 14.3. The molecule has 3 aromatic rings. The number of hydrogen-bond donors (Lipinski definition) is 1. The lowest BCUT2D eigenvalue weighted by Gasteiger charge is -2.07. The predicted molar refractivity (Wildman–Crippen MR) is 96.7 cm³/mol. The molecule has 1 N–H and O–H groups in total. The lowest BCUT2D eigenvalue weighted by Crippen LogP contribution is -2.14. The van der Waals surface area contributed by atoms with Crippen LogP contribution in [0, 0.1) is 6.92 Å². The molecular formula is C18H17ClN4O2. The maximum absolute atomic E-state index is 12.5. The van der Waals surface area contributed by atoms with Crippen molar-refractivity contribution < 1.29 is 9.53 Å². The second-order valence-corrected chi connectivity index (χ2v) is 5.76. The van der Waals surface area contributed by atoms with E-state index in [4.69, 9.17) is 16.3 Å². The van der Waals surface area contributed by atoms with Gasteiger partial charge in [-0.3, -0.25) is 4.79 Å². The van der Waals surface area contributed by atoms with Crippen LogP contribution in [0.1, 0.15) is 23.1 Å². The Hall–Kier alpha value is -2.86. The number of ether oxygens (including phenoxy) is 1. The fourth-order valence-corrected chi connectivity index (χ4v) is 2.48. The second kappa shape index (κ2) is 7.36. The average molecular weight is 357 g/mol. The highest BCUT2D eigenvalue weighted by molar-refractivity contribution is 6.30. The Morgan fingerprint density at radius 1 is 1.16 bits per heavy atom. The highest BCUT2D eigenvalue weighted by Crippen LogP contribution is 2.18. The first-order valence-electron chi connectivity index (χ1n) is 7.81. The fourth-order valence-electron chi connectivity index (χ4n) is 2.36. The number of amides is 1. The average Bonchev–Trinajstić information content (AvgIpc) is 2.99. The number of anilines is 1. The van der Waals surface area contributed by atoms with Crippen LogP contribution >= 0.6 is 11.6 Å². The Kier molecular flexibility index (Phi) is 5.00. The molecule has 0 atom stereocenters. The Bertz CT molecular complexity index is 873. The van der Waals surface area contributed by atoms with Gasteiger partial charge in [-0.15, -0.1) is 5.10 Å². The van der Waals surface area contributed by atoms with E-state index in [1.807, 2.05) is 19.1 Å². The molecule has 0 bridgehead atoms. The summed E-state index contributed by atoms with van der Waals surface area (Å²) in [5.74, 6) is 0.437. The van der Waals surface area contributed by atoms with Crippen LogP contribution in [0.2, 0.25) is 5.02 Å². The van der Waals surface area contributed by atoms with Crippen molar-refractivity contribution >= 4 is 23.2 Å². The van der Waals surface area contributed by atoms with Gasteiger partial charge in [-0.05, 0) is 62.4 Å². The molecule has 25 heavy (non-hydrogen) atoms. The van der Waals surface area contributed by atoms with E-state index in [0.717, 1.165) is 11.4 Å². The quantitative estimate of drug-likeness (QED) is 0.753. The summed E-state index contributed by atoms with van der Waals surface area (Å²) < 4.78 is 6.98. The molecule has 1 heterocycles. The van der Waals surface area contributed by atoms with Crippen molar-refractivity contribution in [2.75, 3.05) is 11.9 Å². The largest absolute Gasteiger partial charge is 0.494 e. The molecule has 0 fully saturated rings. The van der Waals surface area contributed by atoms with E-state index in [1.165, 1.54) is 0 Å². The first-order chi connectivity index (χ1) is 12.1. The standard InChI is InChI=1S/C18H17ClN4O2/c1-3-25-16-10-6-14(7-11-16)20-18(24)17-12(2)23(22-21-17)15-8-4-13(19)5-9-15/h4-11H,3H2,1-2H3,(H,20,24). The van der Waals surface area contributed by atoms with E-state index in [1.54, 1.807) is 48.0 Å². The Balaban J connectivity index is 1.77. The predicted octanol–water partition coefficient (Wildman–Crippen LogP) is 3.88. The number of aromatic nitrogens is 3. The van der Waals surface area contributed by atoms with Crippen LogP contribution in [0.5, 0.6) is 5.75 Å². The number of hydrogen-bond acceptors (Lipinski definition) is 4. The van der Waals surface area contributed by atoms with Crippen LogP contribution in [0.15, 0.2) is 48.5 Å². The molecule has 0 unspecified atom stereocenters. The number of carbonyl (C=O) groups excluding carboxylic acids is 1. The number of carbonyl (C=O) groups is 1. The molecule has 1 aromatic heterocycles. The summed E-state index contributed by atoms with van der Waals surface area (Å²) in [7, 11) is 0. The zero-order valence-electron chi connectivity index (χ0n) is 13.9. The molecule has 0 saturated heterocycles. The summed E-state index contributed by atoms with van der Waals surface area (Å²) in [4.78, 5) is 12.5. The van der Waals surface area contributed by atoms with Gasteiger partial charge in [0.2, 0.25) is 0 Å². The van der Waals surface area contributed by atoms with Crippen LogP contribution in [0.3, 0.4) is 0 Å². The molecule has 0 spiro atoms. The molecule has 3 rings (SSSR count). The summed E-state index contributed by atoms with van der Waals surface area (Å²) >= 11 is 5.90. The molecule has 0 saturated carbocycles. The molecule has 0 aliphatic heterocycles. The zero-order chi connectivity index (χ0) is 17.8. The lowest BCUT2D eigenvalue weighted by atomic mass is 10.2. The van der Waals surface area contributed by atoms with Gasteiger partial charge in [0, 0.05) is 10.7 Å². The maximum atomic E-state index is 12.5. The third kappa shape index (κ3) is 3.80. The van der Waals surface area contributed by atoms with Crippen molar-refractivity contribution in [1.82, 2.24) is 15.0 Å². The Morgan fingerprint density at radius 2 is 1.84 bits per heavy atom. The number of rotatable bonds is 5. The number of nitrogens with one attached hydrogen (secondary N) is 1. The minimum atomic E-state index is -0.318.